The van der Waals surface area contributed by atoms with Crippen molar-refractivity contribution in [2.24, 2.45) is 17.8 Å². The predicted molar refractivity (Wildman–Crippen MR) is 92.4 cm³/mol. The molecule has 5 atom stereocenters. The van der Waals surface area contributed by atoms with E-state index in [2.05, 4.69) is 19.7 Å². The number of esters is 2. The largest absolute Gasteiger partial charge is 0.458 e. The maximum atomic E-state index is 12.1. The summed E-state index contributed by atoms with van der Waals surface area (Å²) in [6.45, 7) is 15.9. The maximum absolute atomic E-state index is 12.1. The van der Waals surface area contributed by atoms with Gasteiger partial charge in [-0.05, 0) is 29.9 Å². The van der Waals surface area contributed by atoms with Crippen LogP contribution in [0.2, 0.25) is 0 Å². The van der Waals surface area contributed by atoms with Gasteiger partial charge in [0.25, 0.3) is 0 Å². The molecule has 1 saturated heterocycles. The third-order valence-electron chi connectivity index (χ3n) is 5.72. The van der Waals surface area contributed by atoms with Gasteiger partial charge >= 0.3 is 11.9 Å². The second kappa shape index (κ2) is 6.13. The monoisotopic (exact) mass is 346 g/mol. The van der Waals surface area contributed by atoms with Crippen molar-refractivity contribution in [3.8, 4) is 0 Å². The highest BCUT2D eigenvalue weighted by Crippen LogP contribution is 2.54. The zero-order valence-electron chi connectivity index (χ0n) is 14.9. The van der Waals surface area contributed by atoms with Crippen LogP contribution in [0, 0.1) is 17.8 Å². The third-order valence-corrected chi connectivity index (χ3v) is 5.72. The summed E-state index contributed by atoms with van der Waals surface area (Å²) in [4.78, 5) is 24.1. The molecular weight excluding hydrogens is 320 g/mol. The van der Waals surface area contributed by atoms with Crippen molar-refractivity contribution in [2.75, 3.05) is 0 Å². The highest BCUT2D eigenvalue weighted by atomic mass is 16.6. The van der Waals surface area contributed by atoms with E-state index in [1.54, 1.807) is 0 Å². The Morgan fingerprint density at radius 1 is 1.40 bits per heavy atom. The van der Waals surface area contributed by atoms with Gasteiger partial charge in [-0.25, -0.2) is 4.79 Å². The number of fused-ring (bicyclic) bond motifs is 3. The lowest BCUT2D eigenvalue weighted by Gasteiger charge is -2.33. The van der Waals surface area contributed by atoms with Gasteiger partial charge in [0.2, 0.25) is 0 Å². The molecule has 2 aliphatic carbocycles. The first-order valence-electron chi connectivity index (χ1n) is 8.83. The Morgan fingerprint density at radius 2 is 2.08 bits per heavy atom. The Bertz CT molecular complexity index is 661. The molecule has 1 N–H and O–H groups in total. The second-order valence-electron chi connectivity index (χ2n) is 7.90. The summed E-state index contributed by atoms with van der Waals surface area (Å²) in [5, 5.41) is 11.3. The van der Waals surface area contributed by atoms with Gasteiger partial charge in [0.05, 0.1) is 11.5 Å². The summed E-state index contributed by atoms with van der Waals surface area (Å²) >= 11 is 0. The van der Waals surface area contributed by atoms with Crippen molar-refractivity contribution < 1.29 is 24.2 Å². The predicted octanol–water partition coefficient (Wildman–Crippen LogP) is 2.70. The summed E-state index contributed by atoms with van der Waals surface area (Å²) in [6, 6.07) is 0. The fourth-order valence-corrected chi connectivity index (χ4v) is 4.37. The fourth-order valence-electron chi connectivity index (χ4n) is 4.37. The number of rotatable bonds is 3. The van der Waals surface area contributed by atoms with Crippen molar-refractivity contribution in [1.82, 2.24) is 0 Å². The maximum Gasteiger partial charge on any atom is 0.334 e. The van der Waals surface area contributed by atoms with E-state index in [0.717, 1.165) is 0 Å². The quantitative estimate of drug-likeness (QED) is 0.483. The molecule has 0 amide bonds. The molecular formula is C20H26O5. The van der Waals surface area contributed by atoms with Crippen LogP contribution in [0.15, 0.2) is 36.5 Å². The minimum Gasteiger partial charge on any atom is -0.458 e. The number of hydrogen-bond donors (Lipinski definition) is 1. The number of carbonyl (C=O) groups excluding carboxylic acids is 2. The first-order chi connectivity index (χ1) is 11.6. The zero-order chi connectivity index (χ0) is 18.5. The van der Waals surface area contributed by atoms with Gasteiger partial charge in [0.1, 0.15) is 12.2 Å². The molecule has 0 bridgehead atoms. The molecule has 3 aliphatic rings. The normalized spacial score (nSPS) is 37.6. The van der Waals surface area contributed by atoms with Crippen LogP contribution in [0.1, 0.15) is 39.5 Å². The second-order valence-corrected chi connectivity index (χ2v) is 7.90. The van der Waals surface area contributed by atoms with Crippen molar-refractivity contribution >= 4 is 11.9 Å². The Morgan fingerprint density at radius 3 is 2.72 bits per heavy atom. The summed E-state index contributed by atoms with van der Waals surface area (Å²) in [7, 11) is 0. The molecule has 25 heavy (non-hydrogen) atoms. The standard InChI is InChI=1S/C20H26O5/c1-10(2)8-16(21)24-15-9-20(23)11(3)6-7-14-12(4)19(22)25-18(14)17(20)13(15)5/h10,14-15,17-18,23H,3-9H2,1-2H3. The van der Waals surface area contributed by atoms with Gasteiger partial charge in [-0.15, -0.1) is 0 Å². The minimum absolute atomic E-state index is 0.162. The molecule has 5 nitrogen and oxygen atoms in total. The first-order valence-corrected chi connectivity index (χ1v) is 8.83. The van der Waals surface area contributed by atoms with E-state index >= 15 is 0 Å². The number of carbonyl (C=O) groups is 2. The Labute approximate surface area is 148 Å². The molecule has 5 heteroatoms. The van der Waals surface area contributed by atoms with E-state index in [0.29, 0.717) is 36.0 Å². The first kappa shape index (κ1) is 17.9. The molecule has 0 spiro atoms. The van der Waals surface area contributed by atoms with Gasteiger partial charge in [0, 0.05) is 24.3 Å². The van der Waals surface area contributed by atoms with E-state index in [4.69, 9.17) is 9.47 Å². The van der Waals surface area contributed by atoms with E-state index in [1.165, 1.54) is 0 Å². The number of hydrogen-bond acceptors (Lipinski definition) is 5. The van der Waals surface area contributed by atoms with Crippen LogP contribution in [0.25, 0.3) is 0 Å². The smallest absolute Gasteiger partial charge is 0.334 e. The summed E-state index contributed by atoms with van der Waals surface area (Å²) in [6.07, 6.45) is 0.648. The van der Waals surface area contributed by atoms with Crippen molar-refractivity contribution in [1.29, 1.82) is 0 Å². The minimum atomic E-state index is -1.27. The lowest BCUT2D eigenvalue weighted by atomic mass is 9.78. The topological polar surface area (TPSA) is 72.8 Å². The molecule has 1 aliphatic heterocycles. The van der Waals surface area contributed by atoms with E-state index in [1.807, 2.05) is 13.8 Å². The van der Waals surface area contributed by atoms with Crippen LogP contribution >= 0.6 is 0 Å². The van der Waals surface area contributed by atoms with Crippen LogP contribution in [0.4, 0.5) is 0 Å². The fraction of sp³-hybridized carbons (Fsp3) is 0.600. The van der Waals surface area contributed by atoms with Crippen LogP contribution in [0.5, 0.6) is 0 Å². The van der Waals surface area contributed by atoms with Crippen LogP contribution in [0.3, 0.4) is 0 Å². The summed E-state index contributed by atoms with van der Waals surface area (Å²) < 4.78 is 11.1. The lowest BCUT2D eigenvalue weighted by molar-refractivity contribution is -0.148. The van der Waals surface area contributed by atoms with E-state index < -0.39 is 29.7 Å². The molecule has 0 aromatic rings. The van der Waals surface area contributed by atoms with Gasteiger partial charge < -0.3 is 14.6 Å². The SMILES string of the molecule is C=C1C(=O)OC2C1CCC(=C)C1(O)CC(OC(=O)CC(C)C)C(=C)C21. The van der Waals surface area contributed by atoms with E-state index in [9.17, 15) is 14.7 Å². The molecule has 2 saturated carbocycles. The number of aliphatic hydroxyl groups is 1. The summed E-state index contributed by atoms with van der Waals surface area (Å²) in [5.74, 6) is -1.22. The van der Waals surface area contributed by atoms with Crippen molar-refractivity contribution in [3.63, 3.8) is 0 Å². The number of ether oxygens (including phenoxy) is 2. The molecule has 0 aromatic carbocycles. The van der Waals surface area contributed by atoms with Gasteiger partial charge in [0.15, 0.2) is 0 Å². The van der Waals surface area contributed by atoms with Crippen LogP contribution in [-0.4, -0.2) is 34.9 Å². The molecule has 0 radical (unpaired) electrons. The van der Waals surface area contributed by atoms with Crippen molar-refractivity contribution in [3.05, 3.63) is 36.5 Å². The Hall–Kier alpha value is -1.88. The Kier molecular flexibility index (Phi) is 4.40. The Balaban J connectivity index is 1.89. The third kappa shape index (κ3) is 2.84. The molecule has 136 valence electrons. The molecule has 0 aromatic heterocycles. The average Bonchev–Trinajstić information content (AvgIpc) is 2.87. The molecule has 5 unspecified atom stereocenters. The van der Waals surface area contributed by atoms with Gasteiger partial charge in [-0.1, -0.05) is 33.6 Å². The highest BCUT2D eigenvalue weighted by molar-refractivity contribution is 5.91. The van der Waals surface area contributed by atoms with E-state index in [-0.39, 0.29) is 24.2 Å². The average molecular weight is 346 g/mol. The van der Waals surface area contributed by atoms with Crippen LogP contribution in [-0.2, 0) is 19.1 Å². The molecule has 3 fully saturated rings. The summed E-state index contributed by atoms with van der Waals surface area (Å²) in [5.41, 5.74) is 0.444. The lowest BCUT2D eigenvalue weighted by Crippen LogP contribution is -2.42. The van der Waals surface area contributed by atoms with Crippen LogP contribution < -0.4 is 0 Å². The van der Waals surface area contributed by atoms with Crippen molar-refractivity contribution in [2.45, 2.75) is 57.3 Å². The molecule has 3 rings (SSSR count). The van der Waals surface area contributed by atoms with Gasteiger partial charge in [-0.3, -0.25) is 4.79 Å². The highest BCUT2D eigenvalue weighted by Gasteiger charge is 2.60. The van der Waals surface area contributed by atoms with Gasteiger partial charge in [-0.2, -0.15) is 0 Å². The zero-order valence-corrected chi connectivity index (χ0v) is 14.9. The molecule has 1 heterocycles.